The summed E-state index contributed by atoms with van der Waals surface area (Å²) >= 11 is 0. The molecule has 1 fully saturated rings. The lowest BCUT2D eigenvalue weighted by Crippen LogP contribution is -2.54. The van der Waals surface area contributed by atoms with Gasteiger partial charge in [0.05, 0.1) is 12.1 Å². The smallest absolute Gasteiger partial charge is 0.0628 e. The first kappa shape index (κ1) is 12.0. The lowest BCUT2D eigenvalue weighted by Gasteiger charge is -2.34. The summed E-state index contributed by atoms with van der Waals surface area (Å²) in [6.45, 7) is 4.28. The number of hydrogen-bond acceptors (Lipinski definition) is 3. The minimum absolute atomic E-state index is 0.182. The van der Waals surface area contributed by atoms with Crippen molar-refractivity contribution in [1.82, 2.24) is 5.32 Å². The van der Waals surface area contributed by atoms with Crippen molar-refractivity contribution in [2.45, 2.75) is 37.8 Å². The zero-order valence-corrected chi connectivity index (χ0v) is 11.0. The Morgan fingerprint density at radius 2 is 2.17 bits per heavy atom. The van der Waals surface area contributed by atoms with Gasteiger partial charge in [-0.3, -0.25) is 0 Å². The third kappa shape index (κ3) is 2.38. The summed E-state index contributed by atoms with van der Waals surface area (Å²) < 4.78 is 0. The van der Waals surface area contributed by atoms with Gasteiger partial charge >= 0.3 is 0 Å². The Morgan fingerprint density at radius 1 is 1.39 bits per heavy atom. The highest BCUT2D eigenvalue weighted by Crippen LogP contribution is 2.30. The molecule has 3 rings (SSSR count). The molecule has 1 aromatic rings. The van der Waals surface area contributed by atoms with Gasteiger partial charge in [-0.2, -0.15) is 0 Å². The Morgan fingerprint density at radius 3 is 2.89 bits per heavy atom. The molecule has 1 aliphatic heterocycles. The second kappa shape index (κ2) is 4.56. The standard InChI is InChI=1S/C15H22N2O/c1-15(11-18,16-13-6-7-13)10-17-9-8-12-4-2-3-5-14(12)17/h2-5,13,16,18H,6-11H2,1H3. The highest BCUT2D eigenvalue weighted by molar-refractivity contribution is 5.58. The van der Waals surface area contributed by atoms with E-state index in [2.05, 4.69) is 41.4 Å². The summed E-state index contributed by atoms with van der Waals surface area (Å²) in [5.74, 6) is 0. The zero-order valence-electron chi connectivity index (χ0n) is 11.0. The van der Waals surface area contributed by atoms with E-state index in [9.17, 15) is 5.11 Å². The fourth-order valence-corrected chi connectivity index (χ4v) is 2.85. The lowest BCUT2D eigenvalue weighted by atomic mass is 10.0. The van der Waals surface area contributed by atoms with E-state index in [1.807, 2.05) is 0 Å². The van der Waals surface area contributed by atoms with Gasteiger partial charge in [-0.25, -0.2) is 0 Å². The molecule has 3 heteroatoms. The average Bonchev–Trinajstić information content (AvgIpc) is 3.10. The highest BCUT2D eigenvalue weighted by atomic mass is 16.3. The van der Waals surface area contributed by atoms with E-state index in [0.717, 1.165) is 19.5 Å². The van der Waals surface area contributed by atoms with Crippen molar-refractivity contribution in [3.63, 3.8) is 0 Å². The predicted molar refractivity (Wildman–Crippen MR) is 74.0 cm³/mol. The Labute approximate surface area is 109 Å². The maximum absolute atomic E-state index is 9.68. The quantitative estimate of drug-likeness (QED) is 0.827. The number of nitrogens with zero attached hydrogens (tertiary/aromatic N) is 1. The summed E-state index contributed by atoms with van der Waals surface area (Å²) in [5, 5.41) is 13.3. The number of anilines is 1. The summed E-state index contributed by atoms with van der Waals surface area (Å²) in [6, 6.07) is 9.23. The molecule has 1 aromatic carbocycles. The Kier molecular flexibility index (Phi) is 3.04. The van der Waals surface area contributed by atoms with E-state index in [-0.39, 0.29) is 12.1 Å². The summed E-state index contributed by atoms with van der Waals surface area (Å²) in [4.78, 5) is 2.40. The van der Waals surface area contributed by atoms with Crippen LogP contribution in [0.3, 0.4) is 0 Å². The molecule has 0 aromatic heterocycles. The van der Waals surface area contributed by atoms with E-state index in [1.54, 1.807) is 0 Å². The van der Waals surface area contributed by atoms with E-state index in [4.69, 9.17) is 0 Å². The van der Waals surface area contributed by atoms with Gasteiger partial charge in [-0.15, -0.1) is 0 Å². The van der Waals surface area contributed by atoms with Gasteiger partial charge in [0.15, 0.2) is 0 Å². The molecule has 0 bridgehead atoms. The SMILES string of the molecule is CC(CO)(CN1CCc2ccccc21)NC1CC1. The first-order valence-electron chi connectivity index (χ1n) is 6.92. The van der Waals surface area contributed by atoms with Crippen molar-refractivity contribution in [3.05, 3.63) is 29.8 Å². The number of rotatable bonds is 5. The van der Waals surface area contributed by atoms with Gasteiger partial charge in [0.2, 0.25) is 0 Å². The topological polar surface area (TPSA) is 35.5 Å². The molecule has 18 heavy (non-hydrogen) atoms. The maximum Gasteiger partial charge on any atom is 0.0628 e. The van der Waals surface area contributed by atoms with Crippen molar-refractivity contribution < 1.29 is 5.11 Å². The van der Waals surface area contributed by atoms with Gasteiger partial charge in [0, 0.05) is 24.8 Å². The van der Waals surface area contributed by atoms with Crippen LogP contribution in [0.5, 0.6) is 0 Å². The van der Waals surface area contributed by atoms with Gasteiger partial charge in [-0.05, 0) is 37.8 Å². The first-order valence-corrected chi connectivity index (χ1v) is 6.92. The third-order valence-corrected chi connectivity index (χ3v) is 4.00. The normalized spacial score (nSPS) is 21.8. The number of aliphatic hydroxyl groups excluding tert-OH is 1. The van der Waals surface area contributed by atoms with Gasteiger partial charge < -0.3 is 15.3 Å². The van der Waals surface area contributed by atoms with Crippen LogP contribution in [0.2, 0.25) is 0 Å². The molecule has 0 amide bonds. The average molecular weight is 246 g/mol. The minimum Gasteiger partial charge on any atom is -0.394 e. The number of para-hydroxylation sites is 1. The molecule has 2 N–H and O–H groups in total. The number of fused-ring (bicyclic) bond motifs is 1. The molecular weight excluding hydrogens is 224 g/mol. The molecule has 98 valence electrons. The first-order chi connectivity index (χ1) is 8.70. The molecule has 1 aliphatic carbocycles. The molecule has 1 heterocycles. The summed E-state index contributed by atoms with van der Waals surface area (Å²) in [6.07, 6.45) is 3.64. The second-order valence-corrected chi connectivity index (χ2v) is 5.94. The van der Waals surface area contributed by atoms with E-state index >= 15 is 0 Å². The molecule has 0 saturated heterocycles. The zero-order chi connectivity index (χ0) is 12.6. The summed E-state index contributed by atoms with van der Waals surface area (Å²) in [7, 11) is 0. The molecule has 2 aliphatic rings. The van der Waals surface area contributed by atoms with Crippen LogP contribution in [0.4, 0.5) is 5.69 Å². The third-order valence-electron chi connectivity index (χ3n) is 4.00. The number of benzene rings is 1. The van der Waals surface area contributed by atoms with Crippen molar-refractivity contribution >= 4 is 5.69 Å². The van der Waals surface area contributed by atoms with Crippen LogP contribution in [0.1, 0.15) is 25.3 Å². The number of nitrogens with one attached hydrogen (secondary N) is 1. The van der Waals surface area contributed by atoms with Gasteiger partial charge in [0.1, 0.15) is 0 Å². The molecule has 3 nitrogen and oxygen atoms in total. The fourth-order valence-electron chi connectivity index (χ4n) is 2.85. The van der Waals surface area contributed by atoms with E-state index in [1.165, 1.54) is 24.1 Å². The van der Waals surface area contributed by atoms with Gasteiger partial charge in [-0.1, -0.05) is 18.2 Å². The maximum atomic E-state index is 9.68. The van der Waals surface area contributed by atoms with Crippen LogP contribution in [0.25, 0.3) is 0 Å². The molecule has 1 unspecified atom stereocenters. The van der Waals surface area contributed by atoms with Crippen LogP contribution in [0, 0.1) is 0 Å². The van der Waals surface area contributed by atoms with Crippen molar-refractivity contribution in [1.29, 1.82) is 0 Å². The minimum atomic E-state index is -0.182. The Bertz CT molecular complexity index is 430. The van der Waals surface area contributed by atoms with Crippen molar-refractivity contribution in [2.24, 2.45) is 0 Å². The largest absolute Gasteiger partial charge is 0.394 e. The Hall–Kier alpha value is -1.06. The highest BCUT2D eigenvalue weighted by Gasteiger charge is 2.34. The molecule has 1 saturated carbocycles. The van der Waals surface area contributed by atoms with Crippen molar-refractivity contribution in [2.75, 3.05) is 24.6 Å². The van der Waals surface area contributed by atoms with Crippen molar-refractivity contribution in [3.8, 4) is 0 Å². The summed E-state index contributed by atoms with van der Waals surface area (Å²) in [5.41, 5.74) is 2.59. The van der Waals surface area contributed by atoms with E-state index in [0.29, 0.717) is 6.04 Å². The molecule has 1 atom stereocenters. The molecule has 0 spiro atoms. The molecule has 0 radical (unpaired) electrons. The predicted octanol–water partition coefficient (Wildman–Crippen LogP) is 1.55. The Balaban J connectivity index is 1.72. The lowest BCUT2D eigenvalue weighted by molar-refractivity contribution is 0.176. The number of aliphatic hydroxyl groups is 1. The van der Waals surface area contributed by atoms with Crippen LogP contribution in [0.15, 0.2) is 24.3 Å². The van der Waals surface area contributed by atoms with Crippen LogP contribution < -0.4 is 10.2 Å². The van der Waals surface area contributed by atoms with E-state index < -0.39 is 0 Å². The van der Waals surface area contributed by atoms with Crippen LogP contribution in [-0.2, 0) is 6.42 Å². The van der Waals surface area contributed by atoms with Crippen LogP contribution >= 0.6 is 0 Å². The number of hydrogen-bond donors (Lipinski definition) is 2. The van der Waals surface area contributed by atoms with Gasteiger partial charge in [0.25, 0.3) is 0 Å². The van der Waals surface area contributed by atoms with Crippen LogP contribution in [-0.4, -0.2) is 36.4 Å². The fraction of sp³-hybridized carbons (Fsp3) is 0.600. The molecular formula is C15H22N2O. The second-order valence-electron chi connectivity index (χ2n) is 5.94. The monoisotopic (exact) mass is 246 g/mol.